The molecular formula is C26H35ClN2O4. The Hall–Kier alpha value is -2.44. The summed E-state index contributed by atoms with van der Waals surface area (Å²) in [5.74, 6) is 2.62. The number of unbranched alkanes of at least 4 members (excludes halogenated alkanes) is 1. The van der Waals surface area contributed by atoms with E-state index in [4.69, 9.17) is 31.5 Å². The number of likely N-dealkylation sites (tertiary alicyclic amines) is 1. The summed E-state index contributed by atoms with van der Waals surface area (Å²) in [6, 6.07) is 8.77. The van der Waals surface area contributed by atoms with E-state index in [1.54, 1.807) is 32.4 Å². The summed E-state index contributed by atoms with van der Waals surface area (Å²) in [6.07, 6.45) is 4.82. The molecule has 0 aliphatic carbocycles. The number of ether oxygens (including phenoxy) is 3. The number of methoxy groups -OCH3 is 2. The zero-order valence-corrected chi connectivity index (χ0v) is 20.6. The van der Waals surface area contributed by atoms with Gasteiger partial charge in [-0.2, -0.15) is 0 Å². The van der Waals surface area contributed by atoms with Gasteiger partial charge in [-0.15, -0.1) is 0 Å². The third-order valence-corrected chi connectivity index (χ3v) is 6.54. The first-order chi connectivity index (χ1) is 15.9. The molecule has 0 spiro atoms. The lowest BCUT2D eigenvalue weighted by Crippen LogP contribution is -2.33. The molecule has 0 amide bonds. The fourth-order valence-corrected chi connectivity index (χ4v) is 4.22. The van der Waals surface area contributed by atoms with E-state index < -0.39 is 0 Å². The Bertz CT molecular complexity index is 920. The molecule has 2 N–H and O–H groups in total. The third-order valence-electron chi connectivity index (χ3n) is 6.21. The van der Waals surface area contributed by atoms with Crippen LogP contribution in [0, 0.1) is 5.92 Å². The van der Waals surface area contributed by atoms with Crippen molar-refractivity contribution < 1.29 is 19.0 Å². The minimum absolute atomic E-state index is 0.0161. The Kier molecular flexibility index (Phi) is 9.27. The van der Waals surface area contributed by atoms with Gasteiger partial charge in [0.05, 0.1) is 30.5 Å². The molecule has 2 aromatic carbocycles. The topological polar surface area (TPSA) is 74.0 Å². The summed E-state index contributed by atoms with van der Waals surface area (Å²) in [5, 5.41) is 0.358. The number of hydrogen-bond donors (Lipinski definition) is 1. The molecule has 2 aromatic rings. The van der Waals surface area contributed by atoms with Crippen LogP contribution in [0.15, 0.2) is 30.3 Å². The average molecular weight is 475 g/mol. The van der Waals surface area contributed by atoms with E-state index in [2.05, 4.69) is 11.8 Å². The standard InChI is InChI=1S/C26H35ClN2O4/c1-18-7-10-29(11-8-18)9-5-4-6-25(30)22-15-23(27)24(28)16-26(22)33-17-19-12-20(31-2)14-21(13-19)32-3/h12-16,18H,4-11,17,28H2,1-3H3. The molecule has 1 aliphatic heterocycles. The van der Waals surface area contributed by atoms with Crippen LogP contribution in [-0.4, -0.2) is 44.5 Å². The highest BCUT2D eigenvalue weighted by atomic mass is 35.5. The number of halogens is 1. The predicted octanol–water partition coefficient (Wildman–Crippen LogP) is 5.60. The smallest absolute Gasteiger partial charge is 0.166 e. The lowest BCUT2D eigenvalue weighted by molar-refractivity contribution is 0.0972. The Morgan fingerprint density at radius 3 is 2.36 bits per heavy atom. The second kappa shape index (κ2) is 12.1. The van der Waals surface area contributed by atoms with Gasteiger partial charge in [0.2, 0.25) is 0 Å². The molecular weight excluding hydrogens is 440 g/mol. The van der Waals surface area contributed by atoms with E-state index >= 15 is 0 Å². The monoisotopic (exact) mass is 474 g/mol. The van der Waals surface area contributed by atoms with Crippen LogP contribution < -0.4 is 19.9 Å². The molecule has 0 unspecified atom stereocenters. The number of carbonyl (C=O) groups excluding carboxylic acids is 1. The van der Waals surface area contributed by atoms with Crippen LogP contribution in [0.2, 0.25) is 5.02 Å². The number of nitrogens with zero attached hydrogens (tertiary/aromatic N) is 1. The van der Waals surface area contributed by atoms with Crippen molar-refractivity contribution in [3.8, 4) is 17.2 Å². The number of anilines is 1. The predicted molar refractivity (Wildman–Crippen MR) is 133 cm³/mol. The largest absolute Gasteiger partial charge is 0.497 e. The van der Waals surface area contributed by atoms with Gasteiger partial charge in [-0.1, -0.05) is 18.5 Å². The molecule has 0 atom stereocenters. The number of rotatable bonds is 11. The van der Waals surface area contributed by atoms with Crippen molar-refractivity contribution in [2.24, 2.45) is 5.92 Å². The normalized spacial score (nSPS) is 14.8. The van der Waals surface area contributed by atoms with Crippen molar-refractivity contribution in [3.05, 3.63) is 46.5 Å². The quantitative estimate of drug-likeness (QED) is 0.259. The van der Waals surface area contributed by atoms with Gasteiger partial charge in [-0.3, -0.25) is 4.79 Å². The van der Waals surface area contributed by atoms with E-state index in [0.29, 0.717) is 39.9 Å². The first-order valence-corrected chi connectivity index (χ1v) is 12.0. The van der Waals surface area contributed by atoms with Crippen LogP contribution in [0.3, 0.4) is 0 Å². The van der Waals surface area contributed by atoms with Crippen LogP contribution >= 0.6 is 11.6 Å². The molecule has 1 saturated heterocycles. The highest BCUT2D eigenvalue weighted by molar-refractivity contribution is 6.33. The maximum Gasteiger partial charge on any atom is 0.166 e. The minimum Gasteiger partial charge on any atom is -0.497 e. The Morgan fingerprint density at radius 2 is 1.73 bits per heavy atom. The summed E-state index contributed by atoms with van der Waals surface area (Å²) >= 11 is 6.23. The highest BCUT2D eigenvalue weighted by Crippen LogP contribution is 2.32. The Morgan fingerprint density at radius 1 is 1.06 bits per heavy atom. The number of benzene rings is 2. The number of nitrogens with two attached hydrogens (primary N) is 1. The van der Waals surface area contributed by atoms with E-state index in [1.807, 2.05) is 12.1 Å². The number of piperidine rings is 1. The lowest BCUT2D eigenvalue weighted by Gasteiger charge is -2.30. The highest BCUT2D eigenvalue weighted by Gasteiger charge is 2.18. The van der Waals surface area contributed by atoms with Crippen LogP contribution in [0.1, 0.15) is 54.9 Å². The number of Topliss-reactive ketones (excluding diaryl/α,β-unsaturated/α-hetero) is 1. The van der Waals surface area contributed by atoms with Gasteiger partial charge in [0.15, 0.2) is 5.78 Å². The molecule has 1 aliphatic rings. The van der Waals surface area contributed by atoms with Crippen molar-refractivity contribution in [2.45, 2.75) is 45.6 Å². The van der Waals surface area contributed by atoms with Crippen LogP contribution in [0.4, 0.5) is 5.69 Å². The fraction of sp³-hybridized carbons (Fsp3) is 0.500. The summed E-state index contributed by atoms with van der Waals surface area (Å²) in [4.78, 5) is 15.5. The van der Waals surface area contributed by atoms with Gasteiger partial charge in [-0.25, -0.2) is 0 Å². The van der Waals surface area contributed by atoms with Gasteiger partial charge in [0.1, 0.15) is 23.9 Å². The SMILES string of the molecule is COc1cc(COc2cc(N)c(Cl)cc2C(=O)CCCCN2CCC(C)CC2)cc(OC)c1. The van der Waals surface area contributed by atoms with Crippen LogP contribution in [0.5, 0.6) is 17.2 Å². The molecule has 0 bridgehead atoms. The Balaban J connectivity index is 1.61. The van der Waals surface area contributed by atoms with Crippen molar-refractivity contribution in [1.82, 2.24) is 4.90 Å². The summed E-state index contributed by atoms with van der Waals surface area (Å²) < 4.78 is 16.7. The van der Waals surface area contributed by atoms with Crippen molar-refractivity contribution in [1.29, 1.82) is 0 Å². The fourth-order valence-electron chi connectivity index (χ4n) is 4.06. The molecule has 7 heteroatoms. The first kappa shape index (κ1) is 25.2. The zero-order valence-electron chi connectivity index (χ0n) is 19.9. The minimum atomic E-state index is 0.0161. The molecule has 0 aromatic heterocycles. The lowest BCUT2D eigenvalue weighted by atomic mass is 9.99. The number of nitrogen functional groups attached to an aromatic ring is 1. The third kappa shape index (κ3) is 7.27. The van der Waals surface area contributed by atoms with Gasteiger partial charge < -0.3 is 24.8 Å². The van der Waals surface area contributed by atoms with Gasteiger partial charge in [0.25, 0.3) is 0 Å². The maximum atomic E-state index is 13.0. The summed E-state index contributed by atoms with van der Waals surface area (Å²) in [7, 11) is 3.20. The second-order valence-electron chi connectivity index (χ2n) is 8.78. The van der Waals surface area contributed by atoms with E-state index in [9.17, 15) is 4.79 Å². The molecule has 180 valence electrons. The van der Waals surface area contributed by atoms with Crippen LogP contribution in [0.25, 0.3) is 0 Å². The number of ketones is 1. The summed E-state index contributed by atoms with van der Waals surface area (Å²) in [6.45, 7) is 5.93. The molecule has 3 rings (SSSR count). The maximum absolute atomic E-state index is 13.0. The second-order valence-corrected chi connectivity index (χ2v) is 9.19. The average Bonchev–Trinajstić information content (AvgIpc) is 2.82. The van der Waals surface area contributed by atoms with Gasteiger partial charge in [0, 0.05) is 18.6 Å². The number of hydrogen-bond acceptors (Lipinski definition) is 6. The molecule has 6 nitrogen and oxygen atoms in total. The molecule has 1 heterocycles. The molecule has 0 radical (unpaired) electrons. The molecule has 0 saturated carbocycles. The van der Waals surface area contributed by atoms with Crippen molar-refractivity contribution >= 4 is 23.1 Å². The summed E-state index contributed by atoms with van der Waals surface area (Å²) in [5.41, 5.74) is 7.70. The molecule has 1 fully saturated rings. The van der Waals surface area contributed by atoms with E-state index in [1.165, 1.54) is 12.8 Å². The van der Waals surface area contributed by atoms with E-state index in [-0.39, 0.29) is 12.4 Å². The number of carbonyl (C=O) groups is 1. The Labute approximate surface area is 201 Å². The molecule has 33 heavy (non-hydrogen) atoms. The van der Waals surface area contributed by atoms with Crippen LogP contribution in [-0.2, 0) is 6.61 Å². The zero-order chi connectivity index (χ0) is 23.8. The van der Waals surface area contributed by atoms with E-state index in [0.717, 1.165) is 44.0 Å². The van der Waals surface area contributed by atoms with Gasteiger partial charge >= 0.3 is 0 Å². The van der Waals surface area contributed by atoms with Gasteiger partial charge in [-0.05, 0) is 75.0 Å². The van der Waals surface area contributed by atoms with Crippen molar-refractivity contribution in [3.63, 3.8) is 0 Å². The van der Waals surface area contributed by atoms with Crippen molar-refractivity contribution in [2.75, 3.05) is 39.6 Å². The first-order valence-electron chi connectivity index (χ1n) is 11.6.